The van der Waals surface area contributed by atoms with Crippen LogP contribution in [0, 0.1) is 5.82 Å². The summed E-state index contributed by atoms with van der Waals surface area (Å²) in [5, 5.41) is 17.8. The fourth-order valence-electron chi connectivity index (χ4n) is 1.05. The second kappa shape index (κ2) is 5.34. The van der Waals surface area contributed by atoms with Gasteiger partial charge in [-0.25, -0.2) is 4.39 Å². The molecule has 0 heterocycles. The lowest BCUT2D eigenvalue weighted by atomic mass is 10.1. The van der Waals surface area contributed by atoms with Gasteiger partial charge in [0.05, 0.1) is 12.7 Å². The Bertz CT molecular complexity index is 302. The van der Waals surface area contributed by atoms with Crippen molar-refractivity contribution in [1.82, 2.24) is 0 Å². The molecule has 4 heteroatoms. The van der Waals surface area contributed by atoms with Gasteiger partial charge in [0.2, 0.25) is 0 Å². The quantitative estimate of drug-likeness (QED) is 0.756. The fraction of sp³-hybridized carbons (Fsp3) is 0.400. The van der Waals surface area contributed by atoms with Crippen LogP contribution in [0.25, 0.3) is 0 Å². The fourth-order valence-corrected chi connectivity index (χ4v) is 1.72. The average molecular weight is 216 g/mol. The largest absolute Gasteiger partial charge is 0.396 e. The summed E-state index contributed by atoms with van der Waals surface area (Å²) in [5.41, 5.74) is 0.566. The van der Waals surface area contributed by atoms with Gasteiger partial charge in [0.25, 0.3) is 0 Å². The van der Waals surface area contributed by atoms with Crippen LogP contribution in [0.15, 0.2) is 23.1 Å². The standard InChI is InChI=1S/C10H13FO2S/c1-7(13)8-2-3-10(9(11)6-8)14-5-4-12/h2-3,6-7,12-13H,4-5H2,1H3/t7-/m1/s1. The Morgan fingerprint density at radius 2 is 2.21 bits per heavy atom. The minimum absolute atomic E-state index is 0.0300. The number of aliphatic hydroxyl groups is 2. The van der Waals surface area contributed by atoms with Crippen molar-refractivity contribution in [3.05, 3.63) is 29.6 Å². The molecule has 0 aliphatic heterocycles. The molecule has 2 nitrogen and oxygen atoms in total. The molecule has 14 heavy (non-hydrogen) atoms. The lowest BCUT2D eigenvalue weighted by molar-refractivity contribution is 0.198. The highest BCUT2D eigenvalue weighted by molar-refractivity contribution is 7.99. The number of thioether (sulfide) groups is 1. The molecule has 0 bridgehead atoms. The summed E-state index contributed by atoms with van der Waals surface area (Å²) in [5.74, 6) is 0.132. The van der Waals surface area contributed by atoms with Gasteiger partial charge in [-0.05, 0) is 24.6 Å². The summed E-state index contributed by atoms with van der Waals surface area (Å²) in [4.78, 5) is 0.503. The molecule has 0 unspecified atom stereocenters. The van der Waals surface area contributed by atoms with E-state index in [-0.39, 0.29) is 12.4 Å². The van der Waals surface area contributed by atoms with Gasteiger partial charge in [-0.3, -0.25) is 0 Å². The van der Waals surface area contributed by atoms with Crippen molar-refractivity contribution < 1.29 is 14.6 Å². The number of rotatable bonds is 4. The van der Waals surface area contributed by atoms with E-state index in [0.29, 0.717) is 16.2 Å². The van der Waals surface area contributed by atoms with Gasteiger partial charge in [-0.1, -0.05) is 6.07 Å². The van der Waals surface area contributed by atoms with Crippen LogP contribution in [0.3, 0.4) is 0 Å². The van der Waals surface area contributed by atoms with Crippen LogP contribution in [-0.2, 0) is 0 Å². The molecule has 1 rings (SSSR count). The van der Waals surface area contributed by atoms with Crippen molar-refractivity contribution in [2.24, 2.45) is 0 Å². The first-order valence-corrected chi connectivity index (χ1v) is 5.35. The first-order chi connectivity index (χ1) is 6.65. The van der Waals surface area contributed by atoms with Crippen molar-refractivity contribution in [2.75, 3.05) is 12.4 Å². The van der Waals surface area contributed by atoms with Gasteiger partial charge in [0.1, 0.15) is 5.82 Å². The number of benzene rings is 1. The molecule has 0 amide bonds. The lowest BCUT2D eigenvalue weighted by Gasteiger charge is -2.07. The van der Waals surface area contributed by atoms with Gasteiger partial charge in [0, 0.05) is 10.6 Å². The third-order valence-electron chi connectivity index (χ3n) is 1.79. The SMILES string of the molecule is C[C@@H](O)c1ccc(SCCO)c(F)c1. The molecule has 78 valence electrons. The maximum atomic E-state index is 13.3. The summed E-state index contributed by atoms with van der Waals surface area (Å²) in [6.45, 7) is 1.62. The zero-order chi connectivity index (χ0) is 10.6. The van der Waals surface area contributed by atoms with Crippen molar-refractivity contribution in [1.29, 1.82) is 0 Å². The summed E-state index contributed by atoms with van der Waals surface area (Å²) in [6, 6.07) is 4.63. The van der Waals surface area contributed by atoms with E-state index in [9.17, 15) is 9.50 Å². The van der Waals surface area contributed by atoms with Crippen LogP contribution in [0.5, 0.6) is 0 Å². The zero-order valence-corrected chi connectivity index (χ0v) is 8.72. The van der Waals surface area contributed by atoms with E-state index in [4.69, 9.17) is 5.11 Å². The Kier molecular flexibility index (Phi) is 4.38. The van der Waals surface area contributed by atoms with E-state index >= 15 is 0 Å². The average Bonchev–Trinajstić information content (AvgIpc) is 2.15. The predicted molar refractivity (Wildman–Crippen MR) is 54.8 cm³/mol. The summed E-state index contributed by atoms with van der Waals surface area (Å²) in [6.07, 6.45) is -0.651. The Hall–Kier alpha value is -0.580. The second-order valence-electron chi connectivity index (χ2n) is 2.94. The molecule has 0 aliphatic carbocycles. The normalized spacial score (nSPS) is 12.9. The van der Waals surface area contributed by atoms with Crippen LogP contribution < -0.4 is 0 Å². The molecular weight excluding hydrogens is 203 g/mol. The highest BCUT2D eigenvalue weighted by Gasteiger charge is 2.06. The van der Waals surface area contributed by atoms with Crippen LogP contribution in [0.4, 0.5) is 4.39 Å². The molecule has 0 radical (unpaired) electrons. The summed E-state index contributed by atoms with van der Waals surface area (Å²) >= 11 is 1.26. The van der Waals surface area contributed by atoms with E-state index < -0.39 is 6.10 Å². The molecule has 1 atom stereocenters. The molecule has 0 fully saturated rings. The number of hydrogen-bond donors (Lipinski definition) is 2. The van der Waals surface area contributed by atoms with E-state index in [1.165, 1.54) is 17.8 Å². The molecule has 0 aromatic heterocycles. The van der Waals surface area contributed by atoms with Crippen molar-refractivity contribution in [3.8, 4) is 0 Å². The van der Waals surface area contributed by atoms with Gasteiger partial charge < -0.3 is 10.2 Å². The van der Waals surface area contributed by atoms with Crippen LogP contribution in [-0.4, -0.2) is 22.6 Å². The molecule has 0 saturated carbocycles. The molecular formula is C10H13FO2S. The Morgan fingerprint density at radius 3 is 2.71 bits per heavy atom. The predicted octanol–water partition coefficient (Wildman–Crippen LogP) is 1.96. The molecule has 0 aliphatic rings. The third kappa shape index (κ3) is 2.97. The topological polar surface area (TPSA) is 40.5 Å². The maximum absolute atomic E-state index is 13.3. The maximum Gasteiger partial charge on any atom is 0.137 e. The van der Waals surface area contributed by atoms with Gasteiger partial charge >= 0.3 is 0 Å². The van der Waals surface area contributed by atoms with Crippen LogP contribution in [0.2, 0.25) is 0 Å². The third-order valence-corrected chi connectivity index (χ3v) is 2.82. The molecule has 0 saturated heterocycles. The molecule has 0 spiro atoms. The highest BCUT2D eigenvalue weighted by Crippen LogP contribution is 2.24. The van der Waals surface area contributed by atoms with Crippen molar-refractivity contribution >= 4 is 11.8 Å². The van der Waals surface area contributed by atoms with Crippen LogP contribution in [0.1, 0.15) is 18.6 Å². The zero-order valence-electron chi connectivity index (χ0n) is 7.90. The van der Waals surface area contributed by atoms with Gasteiger partial charge in [-0.15, -0.1) is 11.8 Å². The minimum Gasteiger partial charge on any atom is -0.396 e. The number of hydrogen-bond acceptors (Lipinski definition) is 3. The summed E-state index contributed by atoms with van der Waals surface area (Å²) in [7, 11) is 0. The first-order valence-electron chi connectivity index (χ1n) is 4.36. The number of aliphatic hydroxyl groups excluding tert-OH is 2. The van der Waals surface area contributed by atoms with E-state index in [1.54, 1.807) is 19.1 Å². The Balaban J connectivity index is 2.79. The van der Waals surface area contributed by atoms with Crippen molar-refractivity contribution in [3.63, 3.8) is 0 Å². The smallest absolute Gasteiger partial charge is 0.137 e. The lowest BCUT2D eigenvalue weighted by Crippen LogP contribution is -1.94. The van der Waals surface area contributed by atoms with Crippen molar-refractivity contribution in [2.45, 2.75) is 17.9 Å². The molecule has 1 aromatic rings. The minimum atomic E-state index is -0.651. The first kappa shape index (κ1) is 11.5. The van der Waals surface area contributed by atoms with E-state index in [1.807, 2.05) is 0 Å². The van der Waals surface area contributed by atoms with E-state index in [2.05, 4.69) is 0 Å². The summed E-state index contributed by atoms with van der Waals surface area (Å²) < 4.78 is 13.3. The monoisotopic (exact) mass is 216 g/mol. The Morgan fingerprint density at radius 1 is 1.50 bits per heavy atom. The van der Waals surface area contributed by atoms with Crippen LogP contribution >= 0.6 is 11.8 Å². The Labute approximate surface area is 86.8 Å². The van der Waals surface area contributed by atoms with E-state index in [0.717, 1.165) is 0 Å². The van der Waals surface area contributed by atoms with Gasteiger partial charge in [0.15, 0.2) is 0 Å². The second-order valence-corrected chi connectivity index (χ2v) is 4.07. The van der Waals surface area contributed by atoms with Gasteiger partial charge in [-0.2, -0.15) is 0 Å². The highest BCUT2D eigenvalue weighted by atomic mass is 32.2. The molecule has 1 aromatic carbocycles. The number of halogens is 1. The molecule has 2 N–H and O–H groups in total.